The number of aliphatic hydroxyl groups excluding tert-OH is 1. The minimum absolute atomic E-state index is 0.121. The van der Waals surface area contributed by atoms with Crippen molar-refractivity contribution in [2.45, 2.75) is 25.7 Å². The lowest BCUT2D eigenvalue weighted by atomic mass is 10.0. The molecular formula is C8H14ClNO. The van der Waals surface area contributed by atoms with E-state index in [0.717, 1.165) is 19.3 Å². The Hall–Kier alpha value is -0.260. The molecule has 0 spiro atoms. The second-order valence-corrected chi connectivity index (χ2v) is 2.97. The Morgan fingerprint density at radius 2 is 2.18 bits per heavy atom. The number of hydrogen-bond acceptors (Lipinski definition) is 2. The van der Waals surface area contributed by atoms with Crippen LogP contribution in [-0.2, 0) is 0 Å². The summed E-state index contributed by atoms with van der Waals surface area (Å²) in [5, 5.41) is 17.1. The number of aliphatic hydroxyl groups is 1. The smallest absolute Gasteiger partial charge is 0.0625 e. The SMILES string of the molecule is N#CCC(CO)CCCCCl. The molecule has 0 saturated heterocycles. The predicted octanol–water partition coefficient (Wildman–Crippen LogP) is 1.92. The van der Waals surface area contributed by atoms with Gasteiger partial charge in [-0.25, -0.2) is 0 Å². The van der Waals surface area contributed by atoms with E-state index in [-0.39, 0.29) is 12.5 Å². The first kappa shape index (κ1) is 10.7. The van der Waals surface area contributed by atoms with Crippen LogP contribution in [0.25, 0.3) is 0 Å². The molecule has 0 heterocycles. The summed E-state index contributed by atoms with van der Waals surface area (Å²) >= 11 is 5.48. The van der Waals surface area contributed by atoms with Crippen LogP contribution in [0.15, 0.2) is 0 Å². The number of nitriles is 1. The molecule has 64 valence electrons. The van der Waals surface area contributed by atoms with Gasteiger partial charge >= 0.3 is 0 Å². The van der Waals surface area contributed by atoms with Crippen molar-refractivity contribution in [3.05, 3.63) is 0 Å². The zero-order valence-corrected chi connectivity index (χ0v) is 7.35. The van der Waals surface area contributed by atoms with Crippen LogP contribution in [0.3, 0.4) is 0 Å². The van der Waals surface area contributed by atoms with Gasteiger partial charge in [-0.3, -0.25) is 0 Å². The third-order valence-electron chi connectivity index (χ3n) is 1.63. The fraction of sp³-hybridized carbons (Fsp3) is 0.875. The summed E-state index contributed by atoms with van der Waals surface area (Å²) in [5.41, 5.74) is 0. The van der Waals surface area contributed by atoms with E-state index in [2.05, 4.69) is 6.07 Å². The Morgan fingerprint density at radius 1 is 1.45 bits per heavy atom. The van der Waals surface area contributed by atoms with Crippen LogP contribution in [0, 0.1) is 17.2 Å². The minimum atomic E-state index is 0.121. The molecule has 3 heteroatoms. The molecule has 1 atom stereocenters. The van der Waals surface area contributed by atoms with Crippen LogP contribution in [0.1, 0.15) is 25.7 Å². The molecule has 0 fully saturated rings. The van der Waals surface area contributed by atoms with Crippen molar-refractivity contribution in [1.29, 1.82) is 5.26 Å². The van der Waals surface area contributed by atoms with Gasteiger partial charge in [-0.15, -0.1) is 11.6 Å². The lowest BCUT2D eigenvalue weighted by Gasteiger charge is -2.07. The third-order valence-corrected chi connectivity index (χ3v) is 1.90. The van der Waals surface area contributed by atoms with Crippen molar-refractivity contribution in [3.63, 3.8) is 0 Å². The van der Waals surface area contributed by atoms with E-state index in [1.165, 1.54) is 0 Å². The highest BCUT2D eigenvalue weighted by Crippen LogP contribution is 2.11. The molecule has 0 bridgehead atoms. The van der Waals surface area contributed by atoms with E-state index in [1.54, 1.807) is 0 Å². The number of alkyl halides is 1. The molecule has 0 aromatic rings. The third kappa shape index (κ3) is 6.15. The van der Waals surface area contributed by atoms with Crippen molar-refractivity contribution in [2.75, 3.05) is 12.5 Å². The zero-order valence-electron chi connectivity index (χ0n) is 6.59. The molecule has 0 radical (unpaired) electrons. The predicted molar refractivity (Wildman–Crippen MR) is 45.4 cm³/mol. The van der Waals surface area contributed by atoms with Crippen molar-refractivity contribution in [2.24, 2.45) is 5.92 Å². The monoisotopic (exact) mass is 175 g/mol. The maximum atomic E-state index is 8.77. The highest BCUT2D eigenvalue weighted by atomic mass is 35.5. The lowest BCUT2D eigenvalue weighted by molar-refractivity contribution is 0.218. The van der Waals surface area contributed by atoms with Crippen LogP contribution in [-0.4, -0.2) is 17.6 Å². The maximum Gasteiger partial charge on any atom is 0.0625 e. The molecule has 0 aromatic heterocycles. The van der Waals surface area contributed by atoms with Gasteiger partial charge in [0.2, 0.25) is 0 Å². The summed E-state index contributed by atoms with van der Waals surface area (Å²) in [7, 11) is 0. The van der Waals surface area contributed by atoms with Gasteiger partial charge in [-0.2, -0.15) is 5.26 Å². The molecule has 1 N–H and O–H groups in total. The summed E-state index contributed by atoms with van der Waals surface area (Å²) in [4.78, 5) is 0. The number of rotatable bonds is 6. The quantitative estimate of drug-likeness (QED) is 0.495. The highest BCUT2D eigenvalue weighted by Gasteiger charge is 2.05. The van der Waals surface area contributed by atoms with Gasteiger partial charge in [-0.1, -0.05) is 6.42 Å². The molecule has 0 amide bonds. The Balaban J connectivity index is 3.30. The normalized spacial score (nSPS) is 12.5. The van der Waals surface area contributed by atoms with E-state index in [4.69, 9.17) is 22.0 Å². The summed E-state index contributed by atoms with van der Waals surface area (Å²) in [6, 6.07) is 2.05. The van der Waals surface area contributed by atoms with E-state index in [9.17, 15) is 0 Å². The van der Waals surface area contributed by atoms with E-state index in [1.807, 2.05) is 0 Å². The van der Waals surface area contributed by atoms with Gasteiger partial charge in [0.1, 0.15) is 0 Å². The van der Waals surface area contributed by atoms with Gasteiger partial charge in [0.25, 0.3) is 0 Å². The first-order chi connectivity index (χ1) is 5.35. The fourth-order valence-corrected chi connectivity index (χ4v) is 1.10. The van der Waals surface area contributed by atoms with Crippen LogP contribution < -0.4 is 0 Å². The van der Waals surface area contributed by atoms with Crippen LogP contribution >= 0.6 is 11.6 Å². The molecular weight excluding hydrogens is 162 g/mol. The Labute approximate surface area is 72.8 Å². The Morgan fingerprint density at radius 3 is 2.64 bits per heavy atom. The maximum absolute atomic E-state index is 8.77. The topological polar surface area (TPSA) is 44.0 Å². The zero-order chi connectivity index (χ0) is 8.53. The van der Waals surface area contributed by atoms with E-state index in [0.29, 0.717) is 12.3 Å². The summed E-state index contributed by atoms with van der Waals surface area (Å²) < 4.78 is 0. The first-order valence-electron chi connectivity index (χ1n) is 3.89. The highest BCUT2D eigenvalue weighted by molar-refractivity contribution is 6.17. The van der Waals surface area contributed by atoms with Gasteiger partial charge in [-0.05, 0) is 18.8 Å². The number of hydrogen-bond donors (Lipinski definition) is 1. The van der Waals surface area contributed by atoms with E-state index < -0.39 is 0 Å². The number of halogens is 1. The molecule has 0 rings (SSSR count). The second kappa shape index (κ2) is 7.84. The molecule has 0 saturated carbocycles. The van der Waals surface area contributed by atoms with Crippen molar-refractivity contribution in [3.8, 4) is 6.07 Å². The number of unbranched alkanes of at least 4 members (excludes halogenated alkanes) is 1. The average Bonchev–Trinajstić information content (AvgIpc) is 2.03. The van der Waals surface area contributed by atoms with Crippen LogP contribution in [0.4, 0.5) is 0 Å². The first-order valence-corrected chi connectivity index (χ1v) is 4.42. The fourth-order valence-electron chi connectivity index (χ4n) is 0.915. The summed E-state index contributed by atoms with van der Waals surface area (Å²) in [5.74, 6) is 0.827. The van der Waals surface area contributed by atoms with Crippen molar-refractivity contribution < 1.29 is 5.11 Å². The van der Waals surface area contributed by atoms with Gasteiger partial charge in [0.05, 0.1) is 6.07 Å². The van der Waals surface area contributed by atoms with Crippen molar-refractivity contribution >= 4 is 11.6 Å². The van der Waals surface area contributed by atoms with Crippen molar-refractivity contribution in [1.82, 2.24) is 0 Å². The van der Waals surface area contributed by atoms with Gasteiger partial charge in [0.15, 0.2) is 0 Å². The number of nitrogens with zero attached hydrogens (tertiary/aromatic N) is 1. The lowest BCUT2D eigenvalue weighted by Crippen LogP contribution is -2.04. The molecule has 0 aliphatic heterocycles. The minimum Gasteiger partial charge on any atom is -0.396 e. The second-order valence-electron chi connectivity index (χ2n) is 2.60. The average molecular weight is 176 g/mol. The van der Waals surface area contributed by atoms with E-state index >= 15 is 0 Å². The molecule has 0 aromatic carbocycles. The van der Waals surface area contributed by atoms with Crippen LogP contribution in [0.2, 0.25) is 0 Å². The Kier molecular flexibility index (Phi) is 7.66. The molecule has 0 aliphatic carbocycles. The molecule has 2 nitrogen and oxygen atoms in total. The summed E-state index contributed by atoms with van der Waals surface area (Å²) in [6.07, 6.45) is 3.36. The molecule has 0 aliphatic rings. The molecule has 1 unspecified atom stereocenters. The van der Waals surface area contributed by atoms with Crippen LogP contribution in [0.5, 0.6) is 0 Å². The summed E-state index contributed by atoms with van der Waals surface area (Å²) in [6.45, 7) is 0.121. The molecule has 11 heavy (non-hydrogen) atoms. The Bertz CT molecular complexity index is 122. The standard InChI is InChI=1S/C8H14ClNO/c9-5-2-1-3-8(7-11)4-6-10/h8,11H,1-5,7H2. The van der Waals surface area contributed by atoms with Gasteiger partial charge in [0, 0.05) is 18.9 Å². The van der Waals surface area contributed by atoms with Gasteiger partial charge < -0.3 is 5.11 Å². The largest absolute Gasteiger partial charge is 0.396 e.